The van der Waals surface area contributed by atoms with Crippen molar-refractivity contribution >= 4 is 14.1 Å². The second-order valence-corrected chi connectivity index (χ2v) is 16.9. The first-order chi connectivity index (χ1) is 12.9. The lowest BCUT2D eigenvalue weighted by Crippen LogP contribution is -2.52. The fourth-order valence-electron chi connectivity index (χ4n) is 6.67. The molecule has 0 N–H and O–H groups in total. The predicted octanol–water partition coefficient (Wildman–Crippen LogP) is 6.68. The lowest BCUT2D eigenvalue weighted by atomic mass is 9.49. The SMILES string of the molecule is CC(C)(C)[Si](C)(C)O[C@H]1CC[C@H]2[C@@H]3C=CC4=CC(=O)CC[C@]4(C)[C@H]3CC[C@]12C. The van der Waals surface area contributed by atoms with Gasteiger partial charge in [-0.1, -0.05) is 46.8 Å². The number of fused-ring (bicyclic) bond motifs is 5. The van der Waals surface area contributed by atoms with E-state index >= 15 is 0 Å². The lowest BCUT2D eigenvalue weighted by Gasteiger charge is -2.56. The van der Waals surface area contributed by atoms with Crippen LogP contribution in [0.2, 0.25) is 18.1 Å². The van der Waals surface area contributed by atoms with Crippen molar-refractivity contribution in [3.63, 3.8) is 0 Å². The Morgan fingerprint density at radius 3 is 2.46 bits per heavy atom. The van der Waals surface area contributed by atoms with Gasteiger partial charge in [-0.05, 0) is 90.5 Å². The molecule has 28 heavy (non-hydrogen) atoms. The molecule has 2 saturated carbocycles. The first-order valence-electron chi connectivity index (χ1n) is 11.5. The van der Waals surface area contributed by atoms with Crippen LogP contribution in [0.3, 0.4) is 0 Å². The minimum Gasteiger partial charge on any atom is -0.413 e. The molecular weight excluding hydrogens is 360 g/mol. The molecule has 0 amide bonds. The van der Waals surface area contributed by atoms with Gasteiger partial charge in [-0.15, -0.1) is 0 Å². The Morgan fingerprint density at radius 2 is 1.79 bits per heavy atom. The molecule has 0 radical (unpaired) electrons. The van der Waals surface area contributed by atoms with Gasteiger partial charge >= 0.3 is 0 Å². The molecule has 0 heterocycles. The maximum absolute atomic E-state index is 12.0. The maximum atomic E-state index is 12.0. The van der Waals surface area contributed by atoms with Crippen LogP contribution in [-0.4, -0.2) is 20.2 Å². The molecule has 0 aromatic carbocycles. The summed E-state index contributed by atoms with van der Waals surface area (Å²) in [4.78, 5) is 12.0. The van der Waals surface area contributed by atoms with Crippen LogP contribution in [0.5, 0.6) is 0 Å². The highest BCUT2D eigenvalue weighted by atomic mass is 28.4. The molecule has 4 rings (SSSR count). The van der Waals surface area contributed by atoms with E-state index in [0.29, 0.717) is 29.1 Å². The van der Waals surface area contributed by atoms with Gasteiger partial charge in [0.05, 0.1) is 6.10 Å². The second-order valence-electron chi connectivity index (χ2n) is 12.1. The zero-order valence-corrected chi connectivity index (χ0v) is 20.1. The molecule has 156 valence electrons. The summed E-state index contributed by atoms with van der Waals surface area (Å²) in [6, 6.07) is 0. The summed E-state index contributed by atoms with van der Waals surface area (Å²) < 4.78 is 7.02. The molecule has 0 aliphatic heterocycles. The summed E-state index contributed by atoms with van der Waals surface area (Å²) >= 11 is 0. The van der Waals surface area contributed by atoms with E-state index < -0.39 is 8.32 Å². The molecule has 2 fully saturated rings. The molecule has 4 aliphatic carbocycles. The van der Waals surface area contributed by atoms with Gasteiger partial charge in [-0.3, -0.25) is 4.79 Å². The van der Waals surface area contributed by atoms with E-state index in [2.05, 4.69) is 59.9 Å². The number of hydrogen-bond donors (Lipinski definition) is 0. The van der Waals surface area contributed by atoms with Crippen LogP contribution >= 0.6 is 0 Å². The van der Waals surface area contributed by atoms with Gasteiger partial charge in [0.15, 0.2) is 14.1 Å². The molecule has 0 aromatic heterocycles. The Kier molecular flexibility index (Phi) is 4.71. The Bertz CT molecular complexity index is 727. The number of allylic oxidation sites excluding steroid dienone is 4. The third-order valence-corrected chi connectivity index (χ3v) is 14.2. The minimum atomic E-state index is -1.75. The van der Waals surface area contributed by atoms with Gasteiger partial charge in [0.1, 0.15) is 0 Å². The van der Waals surface area contributed by atoms with Gasteiger partial charge < -0.3 is 4.43 Å². The highest BCUT2D eigenvalue weighted by Gasteiger charge is 2.59. The molecule has 0 unspecified atom stereocenters. The van der Waals surface area contributed by atoms with Crippen molar-refractivity contribution in [2.24, 2.45) is 28.6 Å². The lowest BCUT2D eigenvalue weighted by molar-refractivity contribution is -0.116. The topological polar surface area (TPSA) is 26.3 Å². The van der Waals surface area contributed by atoms with Crippen molar-refractivity contribution in [2.75, 3.05) is 0 Å². The van der Waals surface area contributed by atoms with E-state index in [0.717, 1.165) is 18.8 Å². The molecule has 4 aliphatic rings. The minimum absolute atomic E-state index is 0.201. The molecule has 6 atom stereocenters. The summed E-state index contributed by atoms with van der Waals surface area (Å²) in [7, 11) is -1.75. The third kappa shape index (κ3) is 2.95. The van der Waals surface area contributed by atoms with Crippen LogP contribution in [0.1, 0.15) is 73.1 Å². The van der Waals surface area contributed by atoms with Crippen LogP contribution in [-0.2, 0) is 9.22 Å². The van der Waals surface area contributed by atoms with Crippen LogP contribution < -0.4 is 0 Å². The van der Waals surface area contributed by atoms with Gasteiger partial charge in [-0.25, -0.2) is 0 Å². The normalized spacial score (nSPS) is 43.2. The van der Waals surface area contributed by atoms with E-state index in [1.165, 1.54) is 31.3 Å². The zero-order chi connectivity index (χ0) is 20.5. The van der Waals surface area contributed by atoms with Gasteiger partial charge in [-0.2, -0.15) is 0 Å². The average molecular weight is 401 g/mol. The Morgan fingerprint density at radius 1 is 1.07 bits per heavy atom. The number of ketones is 1. The first kappa shape index (κ1) is 20.6. The van der Waals surface area contributed by atoms with Gasteiger partial charge in [0.2, 0.25) is 0 Å². The largest absolute Gasteiger partial charge is 0.413 e. The van der Waals surface area contributed by atoms with Crippen LogP contribution in [0.25, 0.3) is 0 Å². The number of rotatable bonds is 2. The van der Waals surface area contributed by atoms with Crippen LogP contribution in [0.15, 0.2) is 23.8 Å². The summed E-state index contributed by atoms with van der Waals surface area (Å²) in [6.45, 7) is 16.9. The van der Waals surface area contributed by atoms with Crippen molar-refractivity contribution in [1.82, 2.24) is 0 Å². The number of hydrogen-bond acceptors (Lipinski definition) is 2. The van der Waals surface area contributed by atoms with Gasteiger partial charge in [0.25, 0.3) is 0 Å². The van der Waals surface area contributed by atoms with E-state index in [4.69, 9.17) is 4.43 Å². The van der Waals surface area contributed by atoms with E-state index in [9.17, 15) is 4.79 Å². The van der Waals surface area contributed by atoms with Crippen molar-refractivity contribution in [3.05, 3.63) is 23.8 Å². The highest BCUT2D eigenvalue weighted by molar-refractivity contribution is 6.74. The third-order valence-electron chi connectivity index (χ3n) is 9.67. The maximum Gasteiger partial charge on any atom is 0.192 e. The number of carbonyl (C=O) groups excluding carboxylic acids is 1. The number of carbonyl (C=O) groups is 1. The highest BCUT2D eigenvalue weighted by Crippen LogP contribution is 2.64. The van der Waals surface area contributed by atoms with Crippen LogP contribution in [0, 0.1) is 28.6 Å². The zero-order valence-electron chi connectivity index (χ0n) is 19.1. The molecule has 0 saturated heterocycles. The van der Waals surface area contributed by atoms with Crippen molar-refractivity contribution in [2.45, 2.75) is 97.4 Å². The molecular formula is C25H40O2Si. The van der Waals surface area contributed by atoms with Crippen molar-refractivity contribution in [3.8, 4) is 0 Å². The fourth-order valence-corrected chi connectivity index (χ4v) is 8.13. The summed E-state index contributed by atoms with van der Waals surface area (Å²) in [5.41, 5.74) is 1.82. The standard InChI is InChI=1S/C25H40O2Si/c1-23(2,3)28(6,7)27-22-11-10-20-19-9-8-17-16-18(26)12-14-24(17,4)21(19)13-15-25(20,22)5/h8-9,16,19-22H,10-15H2,1-7H3/t19-,20-,21-,22-,24-,25-/m0/s1. The molecule has 0 spiro atoms. The Labute approximate surface area is 173 Å². The molecule has 2 nitrogen and oxygen atoms in total. The molecule has 3 heteroatoms. The molecule has 0 bridgehead atoms. The van der Waals surface area contributed by atoms with Crippen molar-refractivity contribution < 1.29 is 9.22 Å². The predicted molar refractivity (Wildman–Crippen MR) is 119 cm³/mol. The van der Waals surface area contributed by atoms with Crippen LogP contribution in [0.4, 0.5) is 0 Å². The van der Waals surface area contributed by atoms with E-state index in [1.807, 2.05) is 6.08 Å². The summed E-state index contributed by atoms with van der Waals surface area (Å²) in [5.74, 6) is 2.40. The van der Waals surface area contributed by atoms with Gasteiger partial charge in [0, 0.05) is 6.42 Å². The van der Waals surface area contributed by atoms with E-state index in [1.54, 1.807) is 0 Å². The average Bonchev–Trinajstić information content (AvgIpc) is 2.91. The van der Waals surface area contributed by atoms with E-state index in [-0.39, 0.29) is 10.5 Å². The molecule has 0 aromatic rings. The monoisotopic (exact) mass is 400 g/mol. The second kappa shape index (κ2) is 6.41. The summed E-state index contributed by atoms with van der Waals surface area (Å²) in [5, 5.41) is 0.269. The fraction of sp³-hybridized carbons (Fsp3) is 0.800. The Hall–Kier alpha value is -0.673. The quantitative estimate of drug-likeness (QED) is 0.483. The first-order valence-corrected chi connectivity index (χ1v) is 14.4. The smallest absolute Gasteiger partial charge is 0.192 e. The summed E-state index contributed by atoms with van der Waals surface area (Å²) in [6.07, 6.45) is 14.0. The Balaban J connectivity index is 1.61. The van der Waals surface area contributed by atoms with Crippen molar-refractivity contribution in [1.29, 1.82) is 0 Å².